The normalized spacial score (nSPS) is 12.9. The Kier molecular flexibility index (Phi) is 4.21. The van der Waals surface area contributed by atoms with Gasteiger partial charge in [0.1, 0.15) is 5.01 Å². The van der Waals surface area contributed by atoms with Crippen LogP contribution in [-0.4, -0.2) is 27.9 Å². The standard InChI is InChI=1S/C13H20N4OS/c1-8(2)15-11(12-14-6-7-19-12)10-9(3)16-17(4)13(10)18-5/h6-8,11,15H,1-5H3. The molecule has 0 radical (unpaired) electrons. The van der Waals surface area contributed by atoms with Crippen molar-refractivity contribution in [2.45, 2.75) is 32.9 Å². The molecule has 0 aliphatic heterocycles. The summed E-state index contributed by atoms with van der Waals surface area (Å²) < 4.78 is 7.27. The fraction of sp³-hybridized carbons (Fsp3) is 0.538. The van der Waals surface area contributed by atoms with Gasteiger partial charge in [0.25, 0.3) is 0 Å². The smallest absolute Gasteiger partial charge is 0.216 e. The number of thiazole rings is 1. The Bertz CT molecular complexity index is 533. The molecule has 2 heterocycles. The monoisotopic (exact) mass is 280 g/mol. The predicted molar refractivity (Wildman–Crippen MR) is 76.7 cm³/mol. The minimum Gasteiger partial charge on any atom is -0.481 e. The van der Waals surface area contributed by atoms with Crippen molar-refractivity contribution in [1.29, 1.82) is 0 Å². The van der Waals surface area contributed by atoms with E-state index in [2.05, 4.69) is 29.2 Å². The summed E-state index contributed by atoms with van der Waals surface area (Å²) in [6, 6.07) is 0.363. The first-order valence-corrected chi connectivity index (χ1v) is 7.15. The molecule has 0 amide bonds. The second-order valence-electron chi connectivity index (χ2n) is 4.76. The summed E-state index contributed by atoms with van der Waals surface area (Å²) >= 11 is 1.64. The van der Waals surface area contributed by atoms with E-state index in [1.54, 1.807) is 23.1 Å². The summed E-state index contributed by atoms with van der Waals surface area (Å²) in [5, 5.41) is 11.0. The molecule has 0 saturated carbocycles. The quantitative estimate of drug-likeness (QED) is 0.913. The molecule has 1 atom stereocenters. The van der Waals surface area contributed by atoms with Crippen molar-refractivity contribution >= 4 is 11.3 Å². The molecular formula is C13H20N4OS. The van der Waals surface area contributed by atoms with Gasteiger partial charge in [-0.3, -0.25) is 0 Å². The highest BCUT2D eigenvalue weighted by molar-refractivity contribution is 7.09. The summed E-state index contributed by atoms with van der Waals surface area (Å²) in [6.07, 6.45) is 1.83. The van der Waals surface area contributed by atoms with E-state index in [-0.39, 0.29) is 6.04 Å². The molecule has 0 aliphatic rings. The third-order valence-corrected chi connectivity index (χ3v) is 3.73. The number of ether oxygens (including phenoxy) is 1. The number of hydrogen-bond acceptors (Lipinski definition) is 5. The van der Waals surface area contributed by atoms with Crippen LogP contribution in [0.4, 0.5) is 0 Å². The van der Waals surface area contributed by atoms with Gasteiger partial charge < -0.3 is 10.1 Å². The molecule has 0 spiro atoms. The van der Waals surface area contributed by atoms with E-state index in [1.807, 2.05) is 25.5 Å². The van der Waals surface area contributed by atoms with Crippen molar-refractivity contribution in [2.24, 2.45) is 7.05 Å². The zero-order valence-corrected chi connectivity index (χ0v) is 12.8. The molecule has 2 aromatic heterocycles. The number of hydrogen-bond donors (Lipinski definition) is 1. The van der Waals surface area contributed by atoms with Gasteiger partial charge in [0.05, 0.1) is 24.4 Å². The van der Waals surface area contributed by atoms with Crippen LogP contribution in [0.2, 0.25) is 0 Å². The summed E-state index contributed by atoms with van der Waals surface area (Å²) in [5.74, 6) is 0.783. The maximum Gasteiger partial charge on any atom is 0.216 e. The van der Waals surface area contributed by atoms with Gasteiger partial charge in [-0.15, -0.1) is 11.3 Å². The summed E-state index contributed by atoms with van der Waals surface area (Å²) in [6.45, 7) is 6.25. The molecule has 1 N–H and O–H groups in total. The highest BCUT2D eigenvalue weighted by Crippen LogP contribution is 2.33. The van der Waals surface area contributed by atoms with Gasteiger partial charge in [0.2, 0.25) is 5.88 Å². The molecule has 0 bridgehead atoms. The summed E-state index contributed by atoms with van der Waals surface area (Å²) in [4.78, 5) is 4.44. The van der Waals surface area contributed by atoms with Crippen molar-refractivity contribution in [3.63, 3.8) is 0 Å². The van der Waals surface area contributed by atoms with Gasteiger partial charge in [-0.05, 0) is 20.8 Å². The Balaban J connectivity index is 2.49. The number of aromatic nitrogens is 3. The average molecular weight is 280 g/mol. The van der Waals surface area contributed by atoms with Crippen LogP contribution in [0.1, 0.15) is 36.2 Å². The van der Waals surface area contributed by atoms with Crippen LogP contribution in [0.3, 0.4) is 0 Å². The SMILES string of the molecule is COc1c(C(NC(C)C)c2nccs2)c(C)nn1C. The third-order valence-electron chi connectivity index (χ3n) is 2.89. The van der Waals surface area contributed by atoms with Crippen LogP contribution in [0, 0.1) is 6.92 Å². The first-order valence-electron chi connectivity index (χ1n) is 6.27. The second-order valence-corrected chi connectivity index (χ2v) is 5.68. The molecule has 2 rings (SSSR count). The van der Waals surface area contributed by atoms with E-state index in [0.717, 1.165) is 22.1 Å². The fourth-order valence-corrected chi connectivity index (χ4v) is 2.92. The van der Waals surface area contributed by atoms with E-state index in [9.17, 15) is 0 Å². The molecule has 6 heteroatoms. The Labute approximate surface area is 117 Å². The Morgan fingerprint density at radius 1 is 1.42 bits per heavy atom. The zero-order valence-electron chi connectivity index (χ0n) is 12.0. The van der Waals surface area contributed by atoms with Gasteiger partial charge in [0, 0.05) is 24.7 Å². The Hall–Kier alpha value is -1.40. The van der Waals surface area contributed by atoms with Crippen molar-refractivity contribution < 1.29 is 4.74 Å². The lowest BCUT2D eigenvalue weighted by molar-refractivity contribution is 0.363. The van der Waals surface area contributed by atoms with E-state index in [4.69, 9.17) is 4.74 Å². The average Bonchev–Trinajstić information content (AvgIpc) is 2.94. The number of nitrogens with zero attached hydrogens (tertiary/aromatic N) is 3. The molecule has 5 nitrogen and oxygen atoms in total. The largest absolute Gasteiger partial charge is 0.481 e. The highest BCUT2D eigenvalue weighted by atomic mass is 32.1. The van der Waals surface area contributed by atoms with Gasteiger partial charge >= 0.3 is 0 Å². The van der Waals surface area contributed by atoms with E-state index in [1.165, 1.54) is 0 Å². The topological polar surface area (TPSA) is 52.0 Å². The van der Waals surface area contributed by atoms with Crippen LogP contribution in [-0.2, 0) is 7.05 Å². The first-order chi connectivity index (χ1) is 9.04. The Morgan fingerprint density at radius 3 is 2.68 bits per heavy atom. The number of methoxy groups -OCH3 is 1. The van der Waals surface area contributed by atoms with E-state index in [0.29, 0.717) is 6.04 Å². The van der Waals surface area contributed by atoms with Crippen LogP contribution >= 0.6 is 11.3 Å². The lowest BCUT2D eigenvalue weighted by atomic mass is 10.1. The molecule has 2 aromatic rings. The maximum absolute atomic E-state index is 5.49. The molecule has 0 saturated heterocycles. The van der Waals surface area contributed by atoms with Gasteiger partial charge in [-0.2, -0.15) is 5.10 Å². The van der Waals surface area contributed by atoms with E-state index < -0.39 is 0 Å². The number of rotatable bonds is 5. The van der Waals surface area contributed by atoms with Crippen molar-refractivity contribution in [1.82, 2.24) is 20.1 Å². The molecular weight excluding hydrogens is 260 g/mol. The first kappa shape index (κ1) is 14.0. The molecule has 0 aromatic carbocycles. The molecule has 19 heavy (non-hydrogen) atoms. The van der Waals surface area contributed by atoms with Gasteiger partial charge in [0.15, 0.2) is 0 Å². The minimum absolute atomic E-state index is 0.0173. The van der Waals surface area contributed by atoms with Crippen molar-refractivity contribution in [3.8, 4) is 5.88 Å². The lowest BCUT2D eigenvalue weighted by Crippen LogP contribution is -2.29. The molecule has 1 unspecified atom stereocenters. The summed E-state index contributed by atoms with van der Waals surface area (Å²) in [7, 11) is 3.57. The predicted octanol–water partition coefficient (Wildman–Crippen LogP) is 2.28. The van der Waals surface area contributed by atoms with Crippen LogP contribution in [0.5, 0.6) is 5.88 Å². The fourth-order valence-electron chi connectivity index (χ4n) is 2.22. The summed E-state index contributed by atoms with van der Waals surface area (Å²) in [5.41, 5.74) is 2.03. The van der Waals surface area contributed by atoms with Crippen molar-refractivity contribution in [3.05, 3.63) is 27.8 Å². The maximum atomic E-state index is 5.49. The minimum atomic E-state index is 0.0173. The number of nitrogens with one attached hydrogen (secondary N) is 1. The van der Waals surface area contributed by atoms with Gasteiger partial charge in [-0.1, -0.05) is 0 Å². The highest BCUT2D eigenvalue weighted by Gasteiger charge is 2.26. The second kappa shape index (κ2) is 5.71. The van der Waals surface area contributed by atoms with Gasteiger partial charge in [-0.25, -0.2) is 9.67 Å². The zero-order chi connectivity index (χ0) is 14.0. The van der Waals surface area contributed by atoms with Crippen LogP contribution in [0.15, 0.2) is 11.6 Å². The Morgan fingerprint density at radius 2 is 2.16 bits per heavy atom. The molecule has 0 fully saturated rings. The lowest BCUT2D eigenvalue weighted by Gasteiger charge is -2.20. The van der Waals surface area contributed by atoms with E-state index >= 15 is 0 Å². The van der Waals surface area contributed by atoms with Crippen LogP contribution in [0.25, 0.3) is 0 Å². The molecule has 0 aliphatic carbocycles. The third kappa shape index (κ3) is 2.79. The van der Waals surface area contributed by atoms with Crippen molar-refractivity contribution in [2.75, 3.05) is 7.11 Å². The number of aryl methyl sites for hydroxylation is 2. The molecule has 104 valence electrons. The van der Waals surface area contributed by atoms with Crippen LogP contribution < -0.4 is 10.1 Å².